The lowest BCUT2D eigenvalue weighted by Gasteiger charge is -2.38. The van der Waals surface area contributed by atoms with Crippen LogP contribution in [0, 0.1) is 0 Å². The minimum atomic E-state index is -0.459. The summed E-state index contributed by atoms with van der Waals surface area (Å²) in [7, 11) is 1.68. The quantitative estimate of drug-likeness (QED) is 0.501. The van der Waals surface area contributed by atoms with E-state index in [1.165, 1.54) is 0 Å². The number of pyridine rings is 1. The molecule has 30 heavy (non-hydrogen) atoms. The molecule has 3 heterocycles. The fourth-order valence-corrected chi connectivity index (χ4v) is 4.62. The second-order valence-corrected chi connectivity index (χ2v) is 7.91. The SMILES string of the molecule is COc1c(-c2ccc3c(c2)CC2(CCN(C(=O)NO)CC2)O3)ccc2cccnc12. The van der Waals surface area contributed by atoms with Crippen molar-refractivity contribution < 1.29 is 19.5 Å². The smallest absolute Gasteiger partial charge is 0.341 e. The van der Waals surface area contributed by atoms with Crippen LogP contribution in [0.5, 0.6) is 11.5 Å². The van der Waals surface area contributed by atoms with E-state index in [1.807, 2.05) is 18.2 Å². The van der Waals surface area contributed by atoms with E-state index in [1.54, 1.807) is 23.7 Å². The van der Waals surface area contributed by atoms with Crippen LogP contribution in [0.1, 0.15) is 18.4 Å². The van der Waals surface area contributed by atoms with Crippen molar-refractivity contribution in [3.05, 3.63) is 54.2 Å². The minimum Gasteiger partial charge on any atom is -0.494 e. The minimum absolute atomic E-state index is 0.289. The van der Waals surface area contributed by atoms with Gasteiger partial charge >= 0.3 is 6.03 Å². The molecular formula is C23H23N3O4. The Labute approximate surface area is 174 Å². The molecule has 3 aromatic rings. The summed E-state index contributed by atoms with van der Waals surface area (Å²) in [5, 5.41) is 9.89. The molecule has 0 aliphatic carbocycles. The van der Waals surface area contributed by atoms with Gasteiger partial charge in [-0.25, -0.2) is 10.3 Å². The number of hydrogen-bond acceptors (Lipinski definition) is 5. The predicted molar refractivity (Wildman–Crippen MR) is 112 cm³/mol. The van der Waals surface area contributed by atoms with Crippen molar-refractivity contribution in [3.63, 3.8) is 0 Å². The molecule has 1 fully saturated rings. The van der Waals surface area contributed by atoms with Crippen molar-refractivity contribution in [2.45, 2.75) is 24.9 Å². The van der Waals surface area contributed by atoms with E-state index in [-0.39, 0.29) is 5.60 Å². The number of methoxy groups -OCH3 is 1. The molecule has 7 nitrogen and oxygen atoms in total. The standard InChI is InChI=1S/C23H23N3O4/c1-29-21-18(6-4-15-3-2-10-24-20(15)21)16-5-7-19-17(13-16)14-23(30-19)8-11-26(12-9-23)22(27)25-28/h2-7,10,13,28H,8-9,11-12,14H2,1H3,(H,25,27). The van der Waals surface area contributed by atoms with Gasteiger partial charge in [-0.1, -0.05) is 18.2 Å². The number of nitrogens with zero attached hydrogens (tertiary/aromatic N) is 2. The zero-order chi connectivity index (χ0) is 20.7. The number of hydroxylamine groups is 1. The number of amides is 2. The normalized spacial score (nSPS) is 16.9. The first-order valence-corrected chi connectivity index (χ1v) is 10.1. The molecule has 2 aliphatic heterocycles. The molecule has 0 bridgehead atoms. The number of fused-ring (bicyclic) bond motifs is 2. The van der Waals surface area contributed by atoms with E-state index in [0.29, 0.717) is 13.1 Å². The molecule has 0 unspecified atom stereocenters. The molecule has 0 saturated carbocycles. The van der Waals surface area contributed by atoms with Gasteiger partial charge in [0.15, 0.2) is 5.75 Å². The van der Waals surface area contributed by atoms with Gasteiger partial charge in [0.1, 0.15) is 16.9 Å². The van der Waals surface area contributed by atoms with Gasteiger partial charge in [0.05, 0.1) is 7.11 Å². The third-order valence-electron chi connectivity index (χ3n) is 6.20. The fourth-order valence-electron chi connectivity index (χ4n) is 4.62. The number of aromatic nitrogens is 1. The van der Waals surface area contributed by atoms with E-state index in [4.69, 9.17) is 14.7 Å². The largest absolute Gasteiger partial charge is 0.494 e. The van der Waals surface area contributed by atoms with Crippen molar-refractivity contribution in [2.75, 3.05) is 20.2 Å². The molecular weight excluding hydrogens is 382 g/mol. The van der Waals surface area contributed by atoms with Crippen LogP contribution in [0.3, 0.4) is 0 Å². The van der Waals surface area contributed by atoms with Gasteiger partial charge in [-0.15, -0.1) is 0 Å². The van der Waals surface area contributed by atoms with Crippen molar-refractivity contribution in [2.24, 2.45) is 0 Å². The molecule has 5 rings (SSSR count). The lowest BCUT2D eigenvalue weighted by atomic mass is 9.86. The fraction of sp³-hybridized carbons (Fsp3) is 0.304. The van der Waals surface area contributed by atoms with Gasteiger partial charge < -0.3 is 14.4 Å². The summed E-state index contributed by atoms with van der Waals surface area (Å²) < 4.78 is 12.1. The summed E-state index contributed by atoms with van der Waals surface area (Å²) >= 11 is 0. The first-order chi connectivity index (χ1) is 14.6. The van der Waals surface area contributed by atoms with Crippen LogP contribution in [0.15, 0.2) is 48.7 Å². The highest BCUT2D eigenvalue weighted by atomic mass is 16.5. The highest BCUT2D eigenvalue weighted by Gasteiger charge is 2.42. The van der Waals surface area contributed by atoms with Crippen LogP contribution >= 0.6 is 0 Å². The number of piperidine rings is 1. The van der Waals surface area contributed by atoms with Gasteiger partial charge in [0, 0.05) is 49.5 Å². The lowest BCUT2D eigenvalue weighted by molar-refractivity contribution is 0.0242. The second-order valence-electron chi connectivity index (χ2n) is 7.91. The van der Waals surface area contributed by atoms with E-state index in [9.17, 15) is 4.79 Å². The Balaban J connectivity index is 1.44. The van der Waals surface area contributed by atoms with Crippen LogP contribution in [0.4, 0.5) is 4.79 Å². The van der Waals surface area contributed by atoms with E-state index >= 15 is 0 Å². The molecule has 1 saturated heterocycles. The number of urea groups is 1. The first kappa shape index (κ1) is 18.7. The maximum Gasteiger partial charge on any atom is 0.341 e. The maximum absolute atomic E-state index is 11.7. The Morgan fingerprint density at radius 2 is 2.07 bits per heavy atom. The zero-order valence-corrected chi connectivity index (χ0v) is 16.7. The molecule has 1 spiro atoms. The molecule has 154 valence electrons. The summed E-state index contributed by atoms with van der Waals surface area (Å²) in [6.07, 6.45) is 4.04. The number of hydrogen-bond donors (Lipinski definition) is 2. The number of benzene rings is 2. The highest BCUT2D eigenvalue weighted by Crippen LogP contribution is 2.44. The highest BCUT2D eigenvalue weighted by molar-refractivity contribution is 5.92. The number of carbonyl (C=O) groups is 1. The Hall–Kier alpha value is -3.32. The summed E-state index contributed by atoms with van der Waals surface area (Å²) in [6, 6.07) is 13.9. The summed E-state index contributed by atoms with van der Waals surface area (Å²) in [4.78, 5) is 17.8. The van der Waals surface area contributed by atoms with E-state index in [0.717, 1.165) is 58.4 Å². The zero-order valence-electron chi connectivity index (χ0n) is 16.7. The van der Waals surface area contributed by atoms with Gasteiger partial charge in [0.2, 0.25) is 0 Å². The average Bonchev–Trinajstić information content (AvgIpc) is 3.14. The van der Waals surface area contributed by atoms with Gasteiger partial charge in [-0.05, 0) is 35.4 Å². The van der Waals surface area contributed by atoms with Crippen LogP contribution < -0.4 is 15.0 Å². The first-order valence-electron chi connectivity index (χ1n) is 10.1. The number of likely N-dealkylation sites (tertiary alicyclic amines) is 1. The average molecular weight is 405 g/mol. The van der Waals surface area contributed by atoms with Crippen LogP contribution in [0.2, 0.25) is 0 Å². The molecule has 0 atom stereocenters. The number of nitrogens with one attached hydrogen (secondary N) is 1. The van der Waals surface area contributed by atoms with Crippen LogP contribution in [-0.4, -0.2) is 46.9 Å². The molecule has 1 aromatic heterocycles. The maximum atomic E-state index is 11.7. The number of rotatable bonds is 2. The Morgan fingerprint density at radius 3 is 2.83 bits per heavy atom. The van der Waals surface area contributed by atoms with Crippen LogP contribution in [-0.2, 0) is 6.42 Å². The van der Waals surface area contributed by atoms with Gasteiger partial charge in [-0.2, -0.15) is 0 Å². The van der Waals surface area contributed by atoms with Crippen molar-refractivity contribution in [1.82, 2.24) is 15.4 Å². The van der Waals surface area contributed by atoms with Crippen molar-refractivity contribution in [1.29, 1.82) is 0 Å². The van der Waals surface area contributed by atoms with E-state index in [2.05, 4.69) is 29.2 Å². The summed E-state index contributed by atoms with van der Waals surface area (Å²) in [5.74, 6) is 1.67. The van der Waals surface area contributed by atoms with Crippen LogP contribution in [0.25, 0.3) is 22.0 Å². The Bertz CT molecular complexity index is 1120. The number of carbonyl (C=O) groups excluding carboxylic acids is 1. The van der Waals surface area contributed by atoms with Crippen molar-refractivity contribution >= 4 is 16.9 Å². The monoisotopic (exact) mass is 405 g/mol. The van der Waals surface area contributed by atoms with Gasteiger partial charge in [0.25, 0.3) is 0 Å². The third-order valence-corrected chi connectivity index (χ3v) is 6.20. The lowest BCUT2D eigenvalue weighted by Crippen LogP contribution is -2.51. The molecule has 2 amide bonds. The Morgan fingerprint density at radius 1 is 1.23 bits per heavy atom. The molecule has 2 aliphatic rings. The molecule has 2 aromatic carbocycles. The topological polar surface area (TPSA) is 83.9 Å². The molecule has 7 heteroatoms. The Kier molecular flexibility index (Phi) is 4.47. The number of ether oxygens (including phenoxy) is 2. The summed E-state index contributed by atoms with van der Waals surface area (Å²) in [6.45, 7) is 1.11. The third kappa shape index (κ3) is 3.02. The van der Waals surface area contributed by atoms with Gasteiger partial charge in [-0.3, -0.25) is 10.2 Å². The van der Waals surface area contributed by atoms with Crippen molar-refractivity contribution in [3.8, 4) is 22.6 Å². The van der Waals surface area contributed by atoms with E-state index < -0.39 is 6.03 Å². The second kappa shape index (κ2) is 7.18. The molecule has 0 radical (unpaired) electrons. The summed E-state index contributed by atoms with van der Waals surface area (Å²) in [5.41, 5.74) is 5.50. The molecule has 2 N–H and O–H groups in total. The predicted octanol–water partition coefficient (Wildman–Crippen LogP) is 3.78.